The van der Waals surface area contributed by atoms with Crippen LogP contribution in [0.5, 0.6) is 0 Å². The lowest BCUT2D eigenvalue weighted by atomic mass is 10.6. The highest BCUT2D eigenvalue weighted by Gasteiger charge is 2.01. The van der Waals surface area contributed by atoms with Crippen LogP contribution in [0.2, 0.25) is 0 Å². The summed E-state index contributed by atoms with van der Waals surface area (Å²) in [6.45, 7) is 3.94. The Morgan fingerprint density at radius 2 is 2.20 bits per heavy atom. The molecule has 0 saturated carbocycles. The van der Waals surface area contributed by atoms with Gasteiger partial charge in [0.05, 0.1) is 5.75 Å². The van der Waals surface area contributed by atoms with E-state index in [1.54, 1.807) is 6.08 Å². The van der Waals surface area contributed by atoms with Crippen LogP contribution in [-0.4, -0.2) is 31.8 Å². The number of rotatable bonds is 5. The maximum atomic E-state index is 10.1. The van der Waals surface area contributed by atoms with Crippen molar-refractivity contribution in [2.45, 2.75) is 0 Å². The van der Waals surface area contributed by atoms with Gasteiger partial charge in [-0.1, -0.05) is 6.08 Å². The van der Waals surface area contributed by atoms with E-state index in [9.17, 15) is 8.42 Å². The molecule has 59 valence electrons. The molecule has 0 aliphatic rings. The minimum Gasteiger partial charge on any atom is -0.286 e. The van der Waals surface area contributed by atoms with Gasteiger partial charge in [0.15, 0.2) is 0 Å². The average molecular weight is 164 g/mol. The number of hydrogen-bond acceptors (Lipinski definition) is 2. The minimum absolute atomic E-state index is 0.130. The molecule has 0 atom stereocenters. The number of hydrogen-bond donors (Lipinski definition) is 1. The second-order valence-corrected chi connectivity index (χ2v) is 3.28. The Kier molecular flexibility index (Phi) is 4.26. The first-order valence-electron chi connectivity index (χ1n) is 2.75. The summed E-state index contributed by atoms with van der Waals surface area (Å²) in [5.74, 6) is -0.305. The molecule has 0 rings (SSSR count). The zero-order valence-electron chi connectivity index (χ0n) is 5.52. The molecule has 0 fully saturated rings. The highest BCUT2D eigenvalue weighted by molar-refractivity contribution is 7.85. The molecule has 0 unspecified atom stereocenters. The van der Waals surface area contributed by atoms with Gasteiger partial charge in [0, 0.05) is 13.1 Å². The Labute approximate surface area is 60.7 Å². The fraction of sp³-hybridized carbons (Fsp3) is 0.600. The van der Waals surface area contributed by atoms with E-state index in [1.165, 1.54) is 0 Å². The summed E-state index contributed by atoms with van der Waals surface area (Å²) in [5.41, 5.74) is 0. The first-order chi connectivity index (χ1) is 4.56. The van der Waals surface area contributed by atoms with E-state index in [4.69, 9.17) is 4.55 Å². The van der Waals surface area contributed by atoms with Crippen molar-refractivity contribution in [3.8, 4) is 0 Å². The minimum atomic E-state index is -3.83. The summed E-state index contributed by atoms with van der Waals surface area (Å²) >= 11 is 0. The van der Waals surface area contributed by atoms with Crippen LogP contribution in [0.4, 0.5) is 0 Å². The first-order valence-corrected chi connectivity index (χ1v) is 4.36. The molecule has 10 heavy (non-hydrogen) atoms. The molecule has 0 aliphatic heterocycles. The Morgan fingerprint density at radius 3 is 2.60 bits per heavy atom. The van der Waals surface area contributed by atoms with Crippen molar-refractivity contribution in [1.29, 1.82) is 0 Å². The normalized spacial score (nSPS) is 11.3. The third kappa shape index (κ3) is 7.61. The van der Waals surface area contributed by atoms with Crippen LogP contribution in [0.15, 0.2) is 12.7 Å². The van der Waals surface area contributed by atoms with Gasteiger partial charge >= 0.3 is 0 Å². The zero-order chi connectivity index (χ0) is 8.04. The fourth-order valence-electron chi connectivity index (χ4n) is 0.362. The second kappa shape index (κ2) is 4.43. The van der Waals surface area contributed by atoms with E-state index >= 15 is 0 Å². The molecule has 5 heteroatoms. The van der Waals surface area contributed by atoms with Crippen molar-refractivity contribution < 1.29 is 13.0 Å². The molecule has 0 heterocycles. The van der Waals surface area contributed by atoms with Gasteiger partial charge in [-0.25, -0.2) is 5.32 Å². The van der Waals surface area contributed by atoms with Crippen LogP contribution in [0.1, 0.15) is 0 Å². The molecule has 1 radical (unpaired) electrons. The molecule has 0 saturated heterocycles. The standard InChI is InChI=1S/C5H10NO3S/c1-2-3-6-4-5-10(7,8)9/h2H,1,3-5H2,(H,7,8,9). The maximum Gasteiger partial charge on any atom is 0.266 e. The summed E-state index contributed by atoms with van der Waals surface area (Å²) in [7, 11) is -3.83. The van der Waals surface area contributed by atoms with Crippen molar-refractivity contribution in [2.75, 3.05) is 18.8 Å². The monoisotopic (exact) mass is 164 g/mol. The van der Waals surface area contributed by atoms with Crippen LogP contribution in [0.3, 0.4) is 0 Å². The maximum absolute atomic E-state index is 10.1. The van der Waals surface area contributed by atoms with Gasteiger partial charge in [-0.3, -0.25) is 4.55 Å². The van der Waals surface area contributed by atoms with Crippen molar-refractivity contribution in [2.24, 2.45) is 0 Å². The van der Waals surface area contributed by atoms with Gasteiger partial charge in [-0.05, 0) is 0 Å². The lowest BCUT2D eigenvalue weighted by Crippen LogP contribution is -2.16. The molecule has 0 amide bonds. The van der Waals surface area contributed by atoms with Gasteiger partial charge in [0.1, 0.15) is 0 Å². The molecule has 0 bridgehead atoms. The summed E-state index contributed by atoms with van der Waals surface area (Å²) in [4.78, 5) is 0. The van der Waals surface area contributed by atoms with Gasteiger partial charge in [-0.15, -0.1) is 6.58 Å². The van der Waals surface area contributed by atoms with E-state index in [-0.39, 0.29) is 12.3 Å². The molecular formula is C5H10NO3S. The third-order valence-corrected chi connectivity index (χ3v) is 1.46. The molecule has 0 aliphatic carbocycles. The quantitative estimate of drug-likeness (QED) is 0.343. The van der Waals surface area contributed by atoms with Crippen molar-refractivity contribution in [3.05, 3.63) is 12.7 Å². The summed E-state index contributed by atoms with van der Waals surface area (Å²) in [5, 5.41) is 3.72. The van der Waals surface area contributed by atoms with Crippen LogP contribution >= 0.6 is 0 Å². The van der Waals surface area contributed by atoms with Crippen LogP contribution in [0, 0.1) is 0 Å². The highest BCUT2D eigenvalue weighted by atomic mass is 32.2. The molecule has 0 spiro atoms. The van der Waals surface area contributed by atoms with Gasteiger partial charge < -0.3 is 0 Å². The second-order valence-electron chi connectivity index (χ2n) is 1.70. The van der Waals surface area contributed by atoms with E-state index in [0.717, 1.165) is 0 Å². The Morgan fingerprint density at radius 1 is 1.60 bits per heavy atom. The lowest BCUT2D eigenvalue weighted by Gasteiger charge is -1.94. The zero-order valence-corrected chi connectivity index (χ0v) is 6.34. The lowest BCUT2D eigenvalue weighted by molar-refractivity contribution is 0.481. The first kappa shape index (κ1) is 9.61. The van der Waals surface area contributed by atoms with E-state index in [0.29, 0.717) is 6.54 Å². The molecule has 0 aromatic rings. The molecular weight excluding hydrogens is 154 g/mol. The Bertz CT molecular complexity index is 185. The Balaban J connectivity index is 3.29. The Hall–Kier alpha value is -0.390. The van der Waals surface area contributed by atoms with Gasteiger partial charge in [-0.2, -0.15) is 8.42 Å². The highest BCUT2D eigenvalue weighted by Crippen LogP contribution is 1.79. The number of nitrogens with zero attached hydrogens (tertiary/aromatic N) is 1. The predicted octanol–water partition coefficient (Wildman–Crippen LogP) is -0.335. The van der Waals surface area contributed by atoms with Crippen LogP contribution < -0.4 is 5.32 Å². The molecule has 0 aromatic carbocycles. The smallest absolute Gasteiger partial charge is 0.266 e. The largest absolute Gasteiger partial charge is 0.286 e. The summed E-state index contributed by atoms with van der Waals surface area (Å²) in [6.07, 6.45) is 1.56. The van der Waals surface area contributed by atoms with E-state index in [2.05, 4.69) is 11.9 Å². The van der Waals surface area contributed by atoms with Crippen molar-refractivity contribution in [1.82, 2.24) is 5.32 Å². The third-order valence-electron chi connectivity index (χ3n) is 0.766. The topological polar surface area (TPSA) is 68.5 Å². The van der Waals surface area contributed by atoms with E-state index in [1.807, 2.05) is 0 Å². The van der Waals surface area contributed by atoms with Gasteiger partial charge in [0.2, 0.25) is 0 Å². The molecule has 4 nitrogen and oxygen atoms in total. The molecule has 1 N–H and O–H groups in total. The van der Waals surface area contributed by atoms with Gasteiger partial charge in [0.25, 0.3) is 10.1 Å². The van der Waals surface area contributed by atoms with Crippen molar-refractivity contribution >= 4 is 10.1 Å². The predicted molar refractivity (Wildman–Crippen MR) is 38.5 cm³/mol. The van der Waals surface area contributed by atoms with Crippen LogP contribution in [0.25, 0.3) is 0 Å². The average Bonchev–Trinajstić information content (AvgIpc) is 1.78. The van der Waals surface area contributed by atoms with E-state index < -0.39 is 10.1 Å². The summed E-state index contributed by atoms with van der Waals surface area (Å²) < 4.78 is 28.3. The van der Waals surface area contributed by atoms with Crippen molar-refractivity contribution in [3.63, 3.8) is 0 Å². The molecule has 0 aromatic heterocycles. The SMILES string of the molecule is C=CC[N]CCS(=O)(=O)O. The summed E-state index contributed by atoms with van der Waals surface area (Å²) in [6, 6.07) is 0. The fourth-order valence-corrected chi connectivity index (χ4v) is 0.722. The van der Waals surface area contributed by atoms with Crippen LogP contribution in [-0.2, 0) is 10.1 Å².